The van der Waals surface area contributed by atoms with Gasteiger partial charge in [0.05, 0.1) is 11.0 Å². The van der Waals surface area contributed by atoms with Gasteiger partial charge in [0.2, 0.25) is 0 Å². The van der Waals surface area contributed by atoms with E-state index in [1.54, 1.807) is 0 Å². The van der Waals surface area contributed by atoms with Crippen LogP contribution in [0, 0.1) is 0 Å². The van der Waals surface area contributed by atoms with Crippen LogP contribution < -0.4 is 0 Å². The van der Waals surface area contributed by atoms with E-state index in [0.717, 1.165) is 27.8 Å². The quantitative estimate of drug-likeness (QED) is 0.185. The summed E-state index contributed by atoms with van der Waals surface area (Å²) in [5.74, 6) is 1.98. The molecule has 53 heavy (non-hydrogen) atoms. The molecule has 0 radical (unpaired) electrons. The zero-order valence-corrected chi connectivity index (χ0v) is 30.6. The van der Waals surface area contributed by atoms with Gasteiger partial charge in [-0.2, -0.15) is 0 Å². The van der Waals surface area contributed by atoms with E-state index in [-0.39, 0.29) is 10.8 Å². The highest BCUT2D eigenvalue weighted by molar-refractivity contribution is 6.21. The van der Waals surface area contributed by atoms with Gasteiger partial charge in [0.15, 0.2) is 17.5 Å². The third-order valence-electron chi connectivity index (χ3n) is 11.7. The smallest absolute Gasteiger partial charge is 0.164 e. The fraction of sp³-hybridized carbons (Fsp3) is 0.163. The van der Waals surface area contributed by atoms with Crippen LogP contribution in [0.25, 0.3) is 83.2 Å². The summed E-state index contributed by atoms with van der Waals surface area (Å²) in [6.45, 7) is 9.67. The largest absolute Gasteiger partial charge is 0.309 e. The van der Waals surface area contributed by atoms with Crippen molar-refractivity contribution in [2.24, 2.45) is 0 Å². The van der Waals surface area contributed by atoms with Crippen LogP contribution >= 0.6 is 0 Å². The van der Waals surface area contributed by atoms with E-state index in [4.69, 9.17) is 15.0 Å². The van der Waals surface area contributed by atoms with Crippen LogP contribution in [0.1, 0.15) is 51.7 Å². The van der Waals surface area contributed by atoms with Gasteiger partial charge in [-0.15, -0.1) is 0 Å². The molecule has 0 saturated carbocycles. The molecule has 0 N–H and O–H groups in total. The first-order valence-electron chi connectivity index (χ1n) is 18.7. The van der Waals surface area contributed by atoms with Gasteiger partial charge in [0.1, 0.15) is 0 Å². The molecule has 0 aliphatic heterocycles. The fourth-order valence-corrected chi connectivity index (χ4v) is 8.58. The Kier molecular flexibility index (Phi) is 6.97. The van der Waals surface area contributed by atoms with E-state index >= 15 is 0 Å². The van der Waals surface area contributed by atoms with Crippen molar-refractivity contribution in [3.8, 4) is 39.9 Å². The molecule has 10 rings (SSSR count). The lowest BCUT2D eigenvalue weighted by atomic mass is 9.63. The predicted molar refractivity (Wildman–Crippen MR) is 221 cm³/mol. The molecule has 7 aromatic carbocycles. The lowest BCUT2D eigenvalue weighted by Gasteiger charge is -2.42. The molecule has 2 heterocycles. The van der Waals surface area contributed by atoms with E-state index in [2.05, 4.69) is 141 Å². The first kappa shape index (κ1) is 31.6. The Balaban J connectivity index is 1.20. The lowest BCUT2D eigenvalue weighted by Crippen LogP contribution is -2.33. The zero-order chi connectivity index (χ0) is 35.9. The van der Waals surface area contributed by atoms with Crippen LogP contribution in [0.4, 0.5) is 0 Å². The summed E-state index contributed by atoms with van der Waals surface area (Å²) in [4.78, 5) is 15.0. The van der Waals surface area contributed by atoms with Gasteiger partial charge in [-0.25, -0.2) is 15.0 Å². The number of benzene rings is 7. The van der Waals surface area contributed by atoms with E-state index in [1.165, 1.54) is 61.9 Å². The van der Waals surface area contributed by atoms with E-state index in [0.29, 0.717) is 17.5 Å². The second-order valence-electron chi connectivity index (χ2n) is 16.0. The Labute approximate surface area is 309 Å². The Morgan fingerprint density at radius 1 is 0.434 bits per heavy atom. The molecular formula is C49H40N4. The standard InChI is InChI=1S/C49H40N4/c1-48(2)25-26-49(3,4)41-30-43-39(29-40(41)48)44-38-18-12-11-13-32(38)22-24-42(44)53(43)37-23-21-31-19-20-35(27-36(31)28-37)47-51-45(33-14-7-5-8-15-33)50-46(52-47)34-16-9-6-10-17-34/h5-24,27-30H,25-26H2,1-4H3. The summed E-state index contributed by atoms with van der Waals surface area (Å²) in [6, 6.07) is 52.2. The Morgan fingerprint density at radius 3 is 1.68 bits per heavy atom. The summed E-state index contributed by atoms with van der Waals surface area (Å²) in [6.07, 6.45) is 2.36. The molecular weight excluding hydrogens is 645 g/mol. The van der Waals surface area contributed by atoms with Crippen LogP contribution in [0.2, 0.25) is 0 Å². The van der Waals surface area contributed by atoms with Crippen molar-refractivity contribution in [1.29, 1.82) is 0 Å². The Bertz CT molecular complexity index is 2820. The monoisotopic (exact) mass is 684 g/mol. The number of hydrogen-bond acceptors (Lipinski definition) is 3. The molecule has 2 aromatic heterocycles. The van der Waals surface area contributed by atoms with Crippen LogP contribution in [0.3, 0.4) is 0 Å². The second-order valence-corrected chi connectivity index (χ2v) is 16.0. The topological polar surface area (TPSA) is 43.6 Å². The summed E-state index contributed by atoms with van der Waals surface area (Å²) >= 11 is 0. The van der Waals surface area contributed by atoms with Crippen molar-refractivity contribution in [3.05, 3.63) is 157 Å². The van der Waals surface area contributed by atoms with Crippen molar-refractivity contribution in [2.45, 2.75) is 51.4 Å². The maximum absolute atomic E-state index is 5.03. The van der Waals surface area contributed by atoms with Crippen LogP contribution in [0.15, 0.2) is 146 Å². The molecule has 1 aliphatic rings. The van der Waals surface area contributed by atoms with Crippen LogP contribution in [-0.4, -0.2) is 19.5 Å². The van der Waals surface area contributed by atoms with Gasteiger partial charge < -0.3 is 4.57 Å². The van der Waals surface area contributed by atoms with Crippen molar-refractivity contribution >= 4 is 43.4 Å². The first-order valence-corrected chi connectivity index (χ1v) is 18.7. The highest BCUT2D eigenvalue weighted by Gasteiger charge is 2.38. The first-order chi connectivity index (χ1) is 25.7. The van der Waals surface area contributed by atoms with Gasteiger partial charge in [-0.05, 0) is 92.7 Å². The molecule has 0 saturated heterocycles. The van der Waals surface area contributed by atoms with Crippen LogP contribution in [-0.2, 0) is 10.8 Å². The Morgan fingerprint density at radius 2 is 1.00 bits per heavy atom. The van der Waals surface area contributed by atoms with Crippen molar-refractivity contribution in [2.75, 3.05) is 0 Å². The van der Waals surface area contributed by atoms with E-state index in [1.807, 2.05) is 36.4 Å². The average molecular weight is 685 g/mol. The molecule has 1 aliphatic carbocycles. The summed E-state index contributed by atoms with van der Waals surface area (Å²) in [5, 5.41) is 7.51. The summed E-state index contributed by atoms with van der Waals surface area (Å²) in [5.41, 5.74) is 9.68. The lowest BCUT2D eigenvalue weighted by molar-refractivity contribution is 0.332. The maximum Gasteiger partial charge on any atom is 0.164 e. The third-order valence-corrected chi connectivity index (χ3v) is 11.7. The molecule has 9 aromatic rings. The van der Waals surface area contributed by atoms with Gasteiger partial charge in [0, 0.05) is 33.2 Å². The number of rotatable bonds is 4. The predicted octanol–water partition coefficient (Wildman–Crippen LogP) is 12.6. The fourth-order valence-electron chi connectivity index (χ4n) is 8.58. The molecule has 4 nitrogen and oxygen atoms in total. The minimum absolute atomic E-state index is 0.0996. The molecule has 4 heteroatoms. The highest BCUT2D eigenvalue weighted by atomic mass is 15.0. The van der Waals surface area contributed by atoms with Gasteiger partial charge >= 0.3 is 0 Å². The minimum Gasteiger partial charge on any atom is -0.309 e. The maximum atomic E-state index is 5.03. The molecule has 0 amide bonds. The Hall–Kier alpha value is -6.13. The zero-order valence-electron chi connectivity index (χ0n) is 30.6. The number of hydrogen-bond donors (Lipinski definition) is 0. The van der Waals surface area contributed by atoms with Crippen molar-refractivity contribution < 1.29 is 0 Å². The molecule has 0 unspecified atom stereocenters. The van der Waals surface area contributed by atoms with Gasteiger partial charge in [-0.1, -0.05) is 137 Å². The highest BCUT2D eigenvalue weighted by Crippen LogP contribution is 2.49. The SMILES string of the molecule is CC1(C)CCC(C)(C)c2cc3c(cc21)c1c2ccccc2ccc1n3-c1ccc2ccc(-c3nc(-c4ccccc4)nc(-c4ccccc4)n3)cc2c1. The van der Waals surface area contributed by atoms with E-state index < -0.39 is 0 Å². The summed E-state index contributed by atoms with van der Waals surface area (Å²) in [7, 11) is 0. The minimum atomic E-state index is 0.0996. The number of fused-ring (bicyclic) bond motifs is 7. The molecule has 256 valence electrons. The van der Waals surface area contributed by atoms with Gasteiger partial charge in [-0.3, -0.25) is 0 Å². The van der Waals surface area contributed by atoms with E-state index in [9.17, 15) is 0 Å². The molecule has 0 atom stereocenters. The average Bonchev–Trinajstić information content (AvgIpc) is 3.53. The van der Waals surface area contributed by atoms with Crippen LogP contribution in [0.5, 0.6) is 0 Å². The number of nitrogens with zero attached hydrogens (tertiary/aromatic N) is 4. The normalized spacial score (nSPS) is 14.9. The molecule has 0 fully saturated rings. The van der Waals surface area contributed by atoms with Crippen molar-refractivity contribution in [1.82, 2.24) is 19.5 Å². The van der Waals surface area contributed by atoms with Crippen molar-refractivity contribution in [3.63, 3.8) is 0 Å². The molecule has 0 spiro atoms. The third kappa shape index (κ3) is 5.15. The van der Waals surface area contributed by atoms with Gasteiger partial charge in [0.25, 0.3) is 0 Å². The molecule has 0 bridgehead atoms. The number of aromatic nitrogens is 4. The summed E-state index contributed by atoms with van der Waals surface area (Å²) < 4.78 is 2.49. The second kappa shape index (κ2) is 11.7.